The van der Waals surface area contributed by atoms with Crippen molar-refractivity contribution >= 4 is 17.9 Å². The van der Waals surface area contributed by atoms with Crippen LogP contribution in [0.25, 0.3) is 0 Å². The highest BCUT2D eigenvalue weighted by Crippen LogP contribution is 2.70. The van der Waals surface area contributed by atoms with E-state index in [-0.39, 0.29) is 76.5 Å². The zero-order valence-corrected chi connectivity index (χ0v) is 26.6. The summed E-state index contributed by atoms with van der Waals surface area (Å²) in [5.41, 5.74) is -0.413. The average molecular weight is 595 g/mol. The highest BCUT2D eigenvalue weighted by Gasteiger charge is 2.69. The van der Waals surface area contributed by atoms with Gasteiger partial charge < -0.3 is 14.2 Å². The molecule has 1 spiro atoms. The van der Waals surface area contributed by atoms with Crippen molar-refractivity contribution in [3.8, 4) is 0 Å². The highest BCUT2D eigenvalue weighted by molar-refractivity contribution is 5.69. The van der Waals surface area contributed by atoms with Crippen molar-refractivity contribution in [1.82, 2.24) is 0 Å². The minimum Gasteiger partial charge on any atom is -0.469 e. The van der Waals surface area contributed by atoms with Crippen LogP contribution in [0.3, 0.4) is 0 Å². The van der Waals surface area contributed by atoms with Crippen LogP contribution in [0.5, 0.6) is 0 Å². The summed E-state index contributed by atoms with van der Waals surface area (Å²) >= 11 is 0. The molecule has 10 atom stereocenters. The van der Waals surface area contributed by atoms with Gasteiger partial charge in [-0.15, -0.1) is 0 Å². The quantitative estimate of drug-likeness (QED) is 0.217. The minimum absolute atomic E-state index is 0.111. The molecule has 10 nitrogen and oxygen atoms in total. The maximum atomic E-state index is 12.5. The number of carbonyl (C=O) groups is 3. The molecule has 4 aliphatic carbocycles. The SMILES string of the molecule is COC(=O)CC[C@@H](C)[C@H]1CC[C@H]2[C@@H]3[C@H](OC(C)=O)C[C@@H]4CC5(CC[C@]4(C)[C@H]3C[C@H](OC(C)=O)[C@]12C)OOC(C)(C)OO5. The van der Waals surface area contributed by atoms with Gasteiger partial charge in [-0.05, 0) is 87.4 Å². The lowest BCUT2D eigenvalue weighted by atomic mass is 9.42. The monoisotopic (exact) mass is 594 g/mol. The van der Waals surface area contributed by atoms with Gasteiger partial charge in [0, 0.05) is 44.4 Å². The van der Waals surface area contributed by atoms with Crippen LogP contribution in [0.1, 0.15) is 106 Å². The molecule has 0 amide bonds. The van der Waals surface area contributed by atoms with Gasteiger partial charge in [-0.1, -0.05) is 20.8 Å². The van der Waals surface area contributed by atoms with Crippen molar-refractivity contribution in [2.75, 3.05) is 7.11 Å². The van der Waals surface area contributed by atoms with E-state index in [2.05, 4.69) is 20.8 Å². The van der Waals surface area contributed by atoms with E-state index in [1.54, 1.807) is 13.8 Å². The first kappa shape index (κ1) is 31.7. The number of esters is 3. The van der Waals surface area contributed by atoms with Crippen LogP contribution in [0, 0.1) is 46.3 Å². The molecule has 0 N–H and O–H groups in total. The summed E-state index contributed by atoms with van der Waals surface area (Å²) in [6, 6.07) is 0. The number of carbonyl (C=O) groups excluding carboxylic acids is 3. The molecule has 0 unspecified atom stereocenters. The molecule has 42 heavy (non-hydrogen) atoms. The van der Waals surface area contributed by atoms with Crippen LogP contribution >= 0.6 is 0 Å². The van der Waals surface area contributed by atoms with Gasteiger partial charge in [-0.25, -0.2) is 0 Å². The van der Waals surface area contributed by atoms with Gasteiger partial charge in [0.1, 0.15) is 12.2 Å². The first-order chi connectivity index (χ1) is 19.6. The molecule has 4 saturated carbocycles. The summed E-state index contributed by atoms with van der Waals surface area (Å²) in [5.74, 6) is -1.64. The van der Waals surface area contributed by atoms with Crippen molar-refractivity contribution in [3.05, 3.63) is 0 Å². The Balaban J connectivity index is 1.47. The summed E-state index contributed by atoms with van der Waals surface area (Å²) < 4.78 is 17.3. The molecule has 0 bridgehead atoms. The van der Waals surface area contributed by atoms with Crippen molar-refractivity contribution in [3.63, 3.8) is 0 Å². The number of methoxy groups -OCH3 is 1. The Morgan fingerprint density at radius 1 is 0.881 bits per heavy atom. The largest absolute Gasteiger partial charge is 0.469 e. The molecule has 1 heterocycles. The molecule has 0 radical (unpaired) electrons. The van der Waals surface area contributed by atoms with Crippen LogP contribution in [-0.2, 0) is 48.1 Å². The Labute approximate surface area is 249 Å². The van der Waals surface area contributed by atoms with Crippen LogP contribution in [0.4, 0.5) is 0 Å². The van der Waals surface area contributed by atoms with E-state index in [1.165, 1.54) is 21.0 Å². The maximum absolute atomic E-state index is 12.5. The second-order valence-corrected chi connectivity index (χ2v) is 14.7. The highest BCUT2D eigenvalue weighted by atomic mass is 17.4. The average Bonchev–Trinajstić information content (AvgIpc) is 3.28. The molecule has 5 aliphatic rings. The van der Waals surface area contributed by atoms with E-state index < -0.39 is 11.6 Å². The van der Waals surface area contributed by atoms with Crippen molar-refractivity contribution in [1.29, 1.82) is 0 Å². The molecule has 5 rings (SSSR count). The maximum Gasteiger partial charge on any atom is 0.305 e. The molecule has 1 aliphatic heterocycles. The topological polar surface area (TPSA) is 116 Å². The first-order valence-corrected chi connectivity index (χ1v) is 15.8. The first-order valence-electron chi connectivity index (χ1n) is 15.8. The minimum atomic E-state index is -1.01. The fourth-order valence-corrected chi connectivity index (χ4v) is 9.94. The summed E-state index contributed by atoms with van der Waals surface area (Å²) in [4.78, 5) is 59.9. The van der Waals surface area contributed by atoms with Gasteiger partial charge in [-0.2, -0.15) is 19.6 Å². The number of ether oxygens (including phenoxy) is 3. The van der Waals surface area contributed by atoms with E-state index in [9.17, 15) is 14.4 Å². The summed E-state index contributed by atoms with van der Waals surface area (Å²) in [6.45, 7) is 13.3. The van der Waals surface area contributed by atoms with E-state index in [1.807, 2.05) is 0 Å². The van der Waals surface area contributed by atoms with Gasteiger partial charge in [-0.3, -0.25) is 14.4 Å². The molecule has 10 heteroatoms. The van der Waals surface area contributed by atoms with E-state index in [0.717, 1.165) is 25.7 Å². The summed E-state index contributed by atoms with van der Waals surface area (Å²) in [7, 11) is 1.42. The lowest BCUT2D eigenvalue weighted by molar-refractivity contribution is -0.656. The van der Waals surface area contributed by atoms with Gasteiger partial charge in [0.25, 0.3) is 0 Å². The van der Waals surface area contributed by atoms with E-state index >= 15 is 0 Å². The van der Waals surface area contributed by atoms with Gasteiger partial charge in [0.2, 0.25) is 11.6 Å². The second kappa shape index (κ2) is 11.3. The smallest absolute Gasteiger partial charge is 0.305 e. The van der Waals surface area contributed by atoms with Crippen LogP contribution in [0.2, 0.25) is 0 Å². The normalized spacial score (nSPS) is 42.4. The molecular weight excluding hydrogens is 544 g/mol. The number of rotatable bonds is 6. The molecular formula is C32H50O10. The van der Waals surface area contributed by atoms with Gasteiger partial charge in [0.15, 0.2) is 0 Å². The summed E-state index contributed by atoms with van der Waals surface area (Å²) in [5, 5.41) is 0. The Bertz CT molecular complexity index is 1050. The second-order valence-electron chi connectivity index (χ2n) is 14.7. The third-order valence-electron chi connectivity index (χ3n) is 11.9. The Morgan fingerprint density at radius 3 is 2.17 bits per heavy atom. The third kappa shape index (κ3) is 5.50. The Hall–Kier alpha value is -1.75. The molecule has 1 saturated heterocycles. The fourth-order valence-electron chi connectivity index (χ4n) is 9.94. The lowest BCUT2D eigenvalue weighted by Gasteiger charge is -2.65. The Morgan fingerprint density at radius 2 is 1.55 bits per heavy atom. The molecule has 238 valence electrons. The van der Waals surface area contributed by atoms with Crippen molar-refractivity contribution in [2.24, 2.45) is 46.3 Å². The predicted molar refractivity (Wildman–Crippen MR) is 149 cm³/mol. The number of hydrogen-bond acceptors (Lipinski definition) is 10. The van der Waals surface area contributed by atoms with E-state index in [0.29, 0.717) is 32.1 Å². The predicted octanol–water partition coefficient (Wildman–Crippen LogP) is 5.66. The van der Waals surface area contributed by atoms with Crippen molar-refractivity contribution in [2.45, 2.75) is 130 Å². The Kier molecular flexibility index (Phi) is 8.53. The van der Waals surface area contributed by atoms with Crippen LogP contribution < -0.4 is 0 Å². The van der Waals surface area contributed by atoms with Crippen LogP contribution in [-0.4, -0.2) is 48.8 Å². The summed E-state index contributed by atoms with van der Waals surface area (Å²) in [6.07, 6.45) is 5.86. The third-order valence-corrected chi connectivity index (χ3v) is 11.9. The molecule has 0 aromatic rings. The van der Waals surface area contributed by atoms with Gasteiger partial charge in [0.05, 0.1) is 7.11 Å². The molecule has 5 fully saturated rings. The van der Waals surface area contributed by atoms with Crippen LogP contribution in [0.15, 0.2) is 0 Å². The molecule has 0 aromatic heterocycles. The zero-order valence-electron chi connectivity index (χ0n) is 26.6. The standard InChI is InChI=1S/C32H50O10/c1-18(9-12-27(35)36-8)22-10-11-23-28-24(16-26(31(22,23)7)38-20(3)34)30(6)13-14-32(41-39-29(4,5)40-42-32)17-21(30)15-25(28)37-19(2)33/h18,21-26,28H,9-17H2,1-8H3/t18-,21-,22-,23+,24+,25-,26+,28+,30+,31-/m1/s1. The van der Waals surface area contributed by atoms with E-state index in [4.69, 9.17) is 33.8 Å². The van der Waals surface area contributed by atoms with Gasteiger partial charge >= 0.3 is 17.9 Å². The van der Waals surface area contributed by atoms with Crippen molar-refractivity contribution < 1.29 is 48.1 Å². The lowest BCUT2D eigenvalue weighted by Crippen LogP contribution is -2.65. The number of hydrogen-bond donors (Lipinski definition) is 0. The molecule has 0 aromatic carbocycles. The number of fused-ring (bicyclic) bond motifs is 5. The fraction of sp³-hybridized carbons (Fsp3) is 0.906. The zero-order chi connectivity index (χ0) is 30.7.